The molecule has 1 aromatic rings. The van der Waals surface area contributed by atoms with Crippen molar-refractivity contribution in [3.05, 3.63) is 29.8 Å². The summed E-state index contributed by atoms with van der Waals surface area (Å²) in [6.45, 7) is 3.05. The molecular formula is C15H19NO5S. The van der Waals surface area contributed by atoms with E-state index in [0.717, 1.165) is 5.56 Å². The lowest BCUT2D eigenvalue weighted by molar-refractivity contribution is -0.148. The molecule has 2 atom stereocenters. The molecule has 0 bridgehead atoms. The van der Waals surface area contributed by atoms with Crippen molar-refractivity contribution >= 4 is 16.1 Å². The van der Waals surface area contributed by atoms with Gasteiger partial charge in [-0.15, -0.1) is 0 Å². The molecule has 2 saturated heterocycles. The van der Waals surface area contributed by atoms with Gasteiger partial charge >= 0.3 is 5.97 Å². The normalized spacial score (nSPS) is 29.2. The number of hydrogen-bond acceptors (Lipinski definition) is 6. The van der Waals surface area contributed by atoms with E-state index in [-0.39, 0.29) is 10.9 Å². The van der Waals surface area contributed by atoms with Crippen LogP contribution in [0.3, 0.4) is 0 Å². The Morgan fingerprint density at radius 2 is 2.00 bits per heavy atom. The Bertz CT molecular complexity index is 684. The Kier molecular flexibility index (Phi) is 3.74. The van der Waals surface area contributed by atoms with Crippen molar-refractivity contribution in [3.63, 3.8) is 0 Å². The molecule has 7 heteroatoms. The molecule has 0 unspecified atom stereocenters. The molecule has 2 fully saturated rings. The number of aryl methyl sites for hydroxylation is 1. The van der Waals surface area contributed by atoms with Gasteiger partial charge in [-0.25, -0.2) is 0 Å². The first-order chi connectivity index (χ1) is 10.3. The standard InChI is InChI=1S/C15H19NO5S/c1-11-3-5-12(6-4-11)22(18,19)21-13-9-16(2)10-15(13)7-8-20-14(15)17/h3-6,13H,7-10H2,1-2H3/t13-,15-/m0/s1. The van der Waals surface area contributed by atoms with Crippen LogP contribution in [0.5, 0.6) is 0 Å². The van der Waals surface area contributed by atoms with E-state index in [4.69, 9.17) is 8.92 Å². The number of rotatable bonds is 3. The van der Waals surface area contributed by atoms with Crippen molar-refractivity contribution in [2.24, 2.45) is 5.41 Å². The highest BCUT2D eigenvalue weighted by Gasteiger charge is 2.57. The lowest BCUT2D eigenvalue weighted by atomic mass is 9.83. The van der Waals surface area contributed by atoms with Gasteiger partial charge in [-0.2, -0.15) is 8.42 Å². The van der Waals surface area contributed by atoms with Crippen molar-refractivity contribution in [1.82, 2.24) is 4.90 Å². The first kappa shape index (κ1) is 15.5. The van der Waals surface area contributed by atoms with Crippen LogP contribution in [0.4, 0.5) is 0 Å². The van der Waals surface area contributed by atoms with E-state index >= 15 is 0 Å². The van der Waals surface area contributed by atoms with E-state index in [0.29, 0.717) is 26.1 Å². The third kappa shape index (κ3) is 2.53. The van der Waals surface area contributed by atoms with Gasteiger partial charge < -0.3 is 9.64 Å². The van der Waals surface area contributed by atoms with Crippen LogP contribution >= 0.6 is 0 Å². The van der Waals surface area contributed by atoms with Crippen LogP contribution in [-0.4, -0.2) is 52.1 Å². The van der Waals surface area contributed by atoms with E-state index in [1.54, 1.807) is 12.1 Å². The maximum Gasteiger partial charge on any atom is 0.316 e. The van der Waals surface area contributed by atoms with Gasteiger partial charge in [-0.05, 0) is 26.1 Å². The number of esters is 1. The van der Waals surface area contributed by atoms with Crippen molar-refractivity contribution in [3.8, 4) is 0 Å². The van der Waals surface area contributed by atoms with Crippen LogP contribution in [0.15, 0.2) is 29.2 Å². The molecule has 22 heavy (non-hydrogen) atoms. The molecule has 2 aliphatic heterocycles. The predicted octanol–water partition coefficient (Wildman–Crippen LogP) is 0.948. The van der Waals surface area contributed by atoms with E-state index in [1.165, 1.54) is 12.1 Å². The molecule has 1 aromatic carbocycles. The largest absolute Gasteiger partial charge is 0.465 e. The number of ether oxygens (including phenoxy) is 1. The van der Waals surface area contributed by atoms with E-state index in [1.807, 2.05) is 18.9 Å². The number of likely N-dealkylation sites (N-methyl/N-ethyl adjacent to an activating group) is 1. The Morgan fingerprint density at radius 3 is 2.59 bits per heavy atom. The van der Waals surface area contributed by atoms with Gasteiger partial charge in [0.05, 0.1) is 11.5 Å². The minimum absolute atomic E-state index is 0.106. The van der Waals surface area contributed by atoms with E-state index in [2.05, 4.69) is 0 Å². The monoisotopic (exact) mass is 325 g/mol. The Morgan fingerprint density at radius 1 is 1.32 bits per heavy atom. The third-order valence-electron chi connectivity index (χ3n) is 4.39. The molecule has 0 amide bonds. The van der Waals surface area contributed by atoms with E-state index < -0.39 is 21.6 Å². The molecule has 0 radical (unpaired) electrons. The van der Waals surface area contributed by atoms with Gasteiger partial charge in [0.25, 0.3) is 10.1 Å². The van der Waals surface area contributed by atoms with Gasteiger partial charge in [0.15, 0.2) is 0 Å². The van der Waals surface area contributed by atoms with E-state index in [9.17, 15) is 13.2 Å². The van der Waals surface area contributed by atoms with Crippen molar-refractivity contribution in [2.75, 3.05) is 26.7 Å². The van der Waals surface area contributed by atoms with Gasteiger partial charge in [0.1, 0.15) is 11.5 Å². The maximum atomic E-state index is 12.5. The van der Waals surface area contributed by atoms with Crippen molar-refractivity contribution in [2.45, 2.75) is 24.3 Å². The molecular weight excluding hydrogens is 306 g/mol. The Labute approximate surface area is 130 Å². The zero-order valence-electron chi connectivity index (χ0n) is 12.6. The summed E-state index contributed by atoms with van der Waals surface area (Å²) < 4.78 is 35.4. The van der Waals surface area contributed by atoms with Gasteiger partial charge in [0, 0.05) is 19.5 Å². The number of hydrogen-bond donors (Lipinski definition) is 0. The number of cyclic esters (lactones) is 1. The van der Waals surface area contributed by atoms with Crippen molar-refractivity contribution in [1.29, 1.82) is 0 Å². The van der Waals surface area contributed by atoms with Gasteiger partial charge in [-0.1, -0.05) is 17.7 Å². The molecule has 0 N–H and O–H groups in total. The van der Waals surface area contributed by atoms with Crippen LogP contribution in [0.1, 0.15) is 12.0 Å². The average Bonchev–Trinajstić information content (AvgIpc) is 2.95. The van der Waals surface area contributed by atoms with Crippen LogP contribution < -0.4 is 0 Å². The summed E-state index contributed by atoms with van der Waals surface area (Å²) in [7, 11) is -2.06. The molecule has 0 aliphatic carbocycles. The fourth-order valence-corrected chi connectivity index (χ4v) is 4.28. The highest BCUT2D eigenvalue weighted by atomic mass is 32.2. The summed E-state index contributed by atoms with van der Waals surface area (Å²) in [5.41, 5.74) is 0.0994. The molecule has 120 valence electrons. The molecule has 2 aliphatic rings. The summed E-state index contributed by atoms with van der Waals surface area (Å²) in [4.78, 5) is 14.1. The van der Waals surface area contributed by atoms with Crippen LogP contribution in [-0.2, 0) is 23.8 Å². The summed E-state index contributed by atoms with van der Waals surface area (Å²) in [5.74, 6) is -0.360. The zero-order chi connectivity index (χ0) is 16.0. The van der Waals surface area contributed by atoms with Crippen molar-refractivity contribution < 1.29 is 22.1 Å². The summed E-state index contributed by atoms with van der Waals surface area (Å²) in [6, 6.07) is 6.47. The van der Waals surface area contributed by atoms with Gasteiger partial charge in [-0.3, -0.25) is 8.98 Å². The second-order valence-electron chi connectivity index (χ2n) is 6.09. The third-order valence-corrected chi connectivity index (χ3v) is 5.72. The fraction of sp³-hybridized carbons (Fsp3) is 0.533. The number of likely N-dealkylation sites (tertiary alicyclic amines) is 1. The topological polar surface area (TPSA) is 72.9 Å². The van der Waals surface area contributed by atoms with Crippen LogP contribution in [0.2, 0.25) is 0 Å². The van der Waals surface area contributed by atoms with Crippen LogP contribution in [0.25, 0.3) is 0 Å². The summed E-state index contributed by atoms with van der Waals surface area (Å²) >= 11 is 0. The smallest absolute Gasteiger partial charge is 0.316 e. The predicted molar refractivity (Wildman–Crippen MR) is 78.7 cm³/mol. The minimum Gasteiger partial charge on any atom is -0.465 e. The minimum atomic E-state index is -3.91. The molecule has 6 nitrogen and oxygen atoms in total. The molecule has 3 rings (SSSR count). The Balaban J connectivity index is 1.88. The number of carbonyl (C=O) groups excluding carboxylic acids is 1. The average molecular weight is 325 g/mol. The number of nitrogens with zero attached hydrogens (tertiary/aromatic N) is 1. The molecule has 0 saturated carbocycles. The lowest BCUT2D eigenvalue weighted by Gasteiger charge is -2.25. The highest BCUT2D eigenvalue weighted by molar-refractivity contribution is 7.86. The van der Waals surface area contributed by atoms with Gasteiger partial charge in [0.2, 0.25) is 0 Å². The first-order valence-corrected chi connectivity index (χ1v) is 8.60. The second-order valence-corrected chi connectivity index (χ2v) is 7.66. The SMILES string of the molecule is Cc1ccc(S(=O)(=O)O[C@H]2CN(C)C[C@@]23CCOC3=O)cc1. The number of carbonyl (C=O) groups is 1. The summed E-state index contributed by atoms with van der Waals surface area (Å²) in [6.07, 6.45) is -0.219. The first-order valence-electron chi connectivity index (χ1n) is 7.19. The lowest BCUT2D eigenvalue weighted by Crippen LogP contribution is -2.41. The zero-order valence-corrected chi connectivity index (χ0v) is 13.4. The quantitative estimate of drug-likeness (QED) is 0.608. The second kappa shape index (κ2) is 5.33. The van der Waals surface area contributed by atoms with Crippen LogP contribution in [0, 0.1) is 12.3 Å². The molecule has 1 spiro atoms. The highest BCUT2D eigenvalue weighted by Crippen LogP contribution is 2.42. The summed E-state index contributed by atoms with van der Waals surface area (Å²) in [5, 5.41) is 0. The molecule has 0 aromatic heterocycles. The molecule has 2 heterocycles. The number of benzene rings is 1. The fourth-order valence-electron chi connectivity index (χ4n) is 3.15. The maximum absolute atomic E-state index is 12.5. The Hall–Kier alpha value is -1.44.